The number of nitrogens with zero attached hydrogens (tertiary/aromatic N) is 3. The topological polar surface area (TPSA) is 50.9 Å². The van der Waals surface area contributed by atoms with Gasteiger partial charge in [-0.3, -0.25) is 9.55 Å². The molecule has 0 aliphatic carbocycles. The number of para-hydroxylation sites is 1. The van der Waals surface area contributed by atoms with Crippen LogP contribution < -0.4 is 0 Å². The summed E-state index contributed by atoms with van der Waals surface area (Å²) in [5.41, 5.74) is 15.0. The Morgan fingerprint density at radius 3 is 1.91 bits per heavy atom. The Hall–Kier alpha value is -6.35. The van der Waals surface area contributed by atoms with Gasteiger partial charge in [-0.2, -0.15) is 0 Å². The zero-order valence-corrected chi connectivity index (χ0v) is 42.0. The molecule has 340 valence electrons. The van der Waals surface area contributed by atoms with E-state index in [1.165, 1.54) is 0 Å². The summed E-state index contributed by atoms with van der Waals surface area (Å²) >= 11 is 0. The largest absolute Gasteiger partial charge is 0.507 e. The minimum atomic E-state index is -2.43. The van der Waals surface area contributed by atoms with Crippen molar-refractivity contribution < 1.29 is 31.7 Å². The number of phenols is 1. The van der Waals surface area contributed by atoms with Crippen molar-refractivity contribution in [2.75, 3.05) is 0 Å². The smallest absolute Gasteiger partial charge is 0.148 e. The van der Waals surface area contributed by atoms with Gasteiger partial charge in [0, 0.05) is 44.0 Å². The number of aryl methyl sites for hydroxylation is 1. The summed E-state index contributed by atoms with van der Waals surface area (Å²) < 4.78 is 37.2. The quantitative estimate of drug-likeness (QED) is 0.139. The molecule has 5 heteroatoms. The van der Waals surface area contributed by atoms with E-state index in [1.54, 1.807) is 0 Å². The molecule has 0 radical (unpaired) electrons. The number of benzene rings is 7. The van der Waals surface area contributed by atoms with E-state index in [1.807, 2.05) is 117 Å². The molecule has 0 fully saturated rings. The Kier molecular flexibility index (Phi) is 12.0. The van der Waals surface area contributed by atoms with E-state index in [-0.39, 0.29) is 49.6 Å². The van der Waals surface area contributed by atoms with Crippen LogP contribution in [0.5, 0.6) is 5.75 Å². The SMILES string of the molecule is [2H]C([2H])([2H])c1cc(-c2ccccc2)c(-n2c(-c3cc(C(C)C)cc(C(C)C)c3O)nc3c(-c4[c-]c(-c5cc(-c6ccc(C([2H])(C)C)cc6)ccn5)cc(C(C)(C)C)c4)cccc32)cc1-c1ccccc1.[Pt]. The number of aromatic hydroxyl groups is 1. The summed E-state index contributed by atoms with van der Waals surface area (Å²) in [6.45, 7) is 16.5. The van der Waals surface area contributed by atoms with Crippen molar-refractivity contribution in [1.29, 1.82) is 0 Å². The van der Waals surface area contributed by atoms with Crippen LogP contribution in [0.3, 0.4) is 0 Å². The summed E-state index contributed by atoms with van der Waals surface area (Å²) in [7, 11) is 0. The number of hydrogen-bond donors (Lipinski definition) is 1. The van der Waals surface area contributed by atoms with Crippen LogP contribution in [0.2, 0.25) is 0 Å². The Morgan fingerprint density at radius 2 is 1.28 bits per heavy atom. The van der Waals surface area contributed by atoms with Gasteiger partial charge in [-0.05, 0) is 110 Å². The van der Waals surface area contributed by atoms with Gasteiger partial charge >= 0.3 is 0 Å². The molecule has 0 atom stereocenters. The van der Waals surface area contributed by atoms with Crippen LogP contribution >= 0.6 is 0 Å². The molecule has 4 nitrogen and oxygen atoms in total. The Morgan fingerprint density at radius 1 is 0.612 bits per heavy atom. The number of fused-ring (bicyclic) bond motifs is 1. The third-order valence-electron chi connectivity index (χ3n) is 12.8. The number of imidazole rings is 1. The Balaban J connectivity index is 0.00000676. The van der Waals surface area contributed by atoms with Crippen molar-refractivity contribution in [2.45, 2.75) is 92.3 Å². The first-order chi connectivity index (χ1) is 33.2. The van der Waals surface area contributed by atoms with Gasteiger partial charge in [0.05, 0.1) is 22.3 Å². The van der Waals surface area contributed by atoms with Crippen molar-refractivity contribution in [1.82, 2.24) is 14.5 Å². The zero-order chi connectivity index (χ0) is 49.9. The minimum Gasteiger partial charge on any atom is -0.507 e. The molecule has 0 aliphatic rings. The van der Waals surface area contributed by atoms with E-state index in [2.05, 4.69) is 114 Å². The standard InChI is InChI=1S/C62H60N3O.Pt/c1-38(2)42-24-26-43(27-25-42)46-28-29-63-56(36-46)49-31-48(32-50(33-49)62(8,9)10)51-22-17-23-57-59(51)64-61(55-35-47(39(3)4)34-52(40(5)6)60(55)66)65(57)58-37-53(44-18-13-11-14-19-44)41(7)30-54(58)45-20-15-12-16-21-45;/h11-30,32-40,66H,1-10H3;/q-1;/i7D3,38D;. The van der Waals surface area contributed by atoms with E-state index in [4.69, 9.17) is 15.5 Å². The van der Waals surface area contributed by atoms with Crippen molar-refractivity contribution in [3.05, 3.63) is 192 Å². The number of aromatic nitrogens is 3. The first-order valence-corrected chi connectivity index (χ1v) is 23.0. The fourth-order valence-corrected chi connectivity index (χ4v) is 8.88. The second kappa shape index (κ2) is 19.1. The molecule has 0 saturated carbocycles. The maximum Gasteiger partial charge on any atom is 0.148 e. The number of rotatable bonds is 10. The molecular weight excluding hydrogens is 998 g/mol. The molecule has 0 bridgehead atoms. The third-order valence-corrected chi connectivity index (χ3v) is 12.8. The van der Waals surface area contributed by atoms with Gasteiger partial charge in [0.1, 0.15) is 11.6 Å². The summed E-state index contributed by atoms with van der Waals surface area (Å²) in [6.07, 6.45) is 1.84. The van der Waals surface area contributed by atoms with Crippen LogP contribution in [-0.2, 0) is 26.5 Å². The van der Waals surface area contributed by atoms with Gasteiger partial charge < -0.3 is 5.11 Å². The van der Waals surface area contributed by atoms with Gasteiger partial charge in [-0.1, -0.05) is 183 Å². The first kappa shape index (κ1) is 42.0. The predicted octanol–water partition coefficient (Wildman–Crippen LogP) is 16.9. The summed E-state index contributed by atoms with van der Waals surface area (Å²) in [5, 5.41) is 12.5. The van der Waals surface area contributed by atoms with Gasteiger partial charge in [0.2, 0.25) is 0 Å². The van der Waals surface area contributed by atoms with E-state index >= 15 is 0 Å². The first-order valence-electron chi connectivity index (χ1n) is 25.0. The van der Waals surface area contributed by atoms with Crippen LogP contribution in [-0.4, -0.2) is 19.6 Å². The molecule has 7 aromatic carbocycles. The monoisotopic (exact) mass is 1060 g/mol. The average Bonchev–Trinajstić information content (AvgIpc) is 3.72. The second-order valence-corrected chi connectivity index (χ2v) is 19.4. The van der Waals surface area contributed by atoms with E-state index in [0.717, 1.165) is 78.1 Å². The van der Waals surface area contributed by atoms with Gasteiger partial charge in [0.25, 0.3) is 0 Å². The summed E-state index contributed by atoms with van der Waals surface area (Å²) in [5.74, 6) is 0.166. The van der Waals surface area contributed by atoms with Crippen LogP contribution in [0.4, 0.5) is 0 Å². The predicted molar refractivity (Wildman–Crippen MR) is 278 cm³/mol. The minimum absolute atomic E-state index is 0. The molecule has 0 amide bonds. The van der Waals surface area contributed by atoms with Crippen LogP contribution in [0, 0.1) is 12.9 Å². The summed E-state index contributed by atoms with van der Waals surface area (Å²) in [6, 6.07) is 54.2. The van der Waals surface area contributed by atoms with Crippen LogP contribution in [0.1, 0.15) is 113 Å². The van der Waals surface area contributed by atoms with Crippen LogP contribution in [0.25, 0.3) is 83.9 Å². The van der Waals surface area contributed by atoms with Crippen molar-refractivity contribution in [2.24, 2.45) is 0 Å². The second-order valence-electron chi connectivity index (χ2n) is 19.4. The van der Waals surface area contributed by atoms with Crippen LogP contribution in [0.15, 0.2) is 158 Å². The third kappa shape index (κ3) is 9.34. The molecule has 1 N–H and O–H groups in total. The van der Waals surface area contributed by atoms with Gasteiger partial charge in [0.15, 0.2) is 0 Å². The molecule has 2 aromatic heterocycles. The van der Waals surface area contributed by atoms with Gasteiger partial charge in [-0.15, -0.1) is 29.3 Å². The molecule has 9 rings (SSSR count). The fraction of sp³-hybridized carbons (Fsp3) is 0.226. The molecule has 0 saturated heterocycles. The maximum absolute atomic E-state index is 12.5. The van der Waals surface area contributed by atoms with Crippen molar-refractivity contribution in [3.8, 4) is 78.6 Å². The molecule has 67 heavy (non-hydrogen) atoms. The molecule has 9 aromatic rings. The van der Waals surface area contributed by atoms with E-state index < -0.39 is 12.7 Å². The molecule has 2 heterocycles. The van der Waals surface area contributed by atoms with Crippen molar-refractivity contribution >= 4 is 11.0 Å². The Bertz CT molecular complexity index is 3380. The zero-order valence-electron chi connectivity index (χ0n) is 43.8. The number of phenolic OH excluding ortho intramolecular Hbond substituents is 1. The number of pyridine rings is 1. The Labute approximate surface area is 417 Å². The number of hydrogen-bond acceptors (Lipinski definition) is 3. The average molecular weight is 1060 g/mol. The molecule has 0 spiro atoms. The maximum atomic E-state index is 12.5. The van der Waals surface area contributed by atoms with E-state index in [9.17, 15) is 5.11 Å². The normalized spacial score (nSPS) is 13.0. The molecule has 0 unspecified atom stereocenters. The molecular formula is C62H60N3OPt-. The van der Waals surface area contributed by atoms with Gasteiger partial charge in [-0.25, -0.2) is 4.98 Å². The van der Waals surface area contributed by atoms with Crippen molar-refractivity contribution in [3.63, 3.8) is 0 Å². The fourth-order valence-electron chi connectivity index (χ4n) is 8.88. The van der Waals surface area contributed by atoms with E-state index in [0.29, 0.717) is 28.0 Å². The molecule has 0 aliphatic heterocycles. The summed E-state index contributed by atoms with van der Waals surface area (Å²) in [4.78, 5) is 10.5.